The number of aryl methyl sites for hydroxylation is 1. The second kappa shape index (κ2) is 7.82. The largest absolute Gasteiger partial charge is 0.302 e. The van der Waals surface area contributed by atoms with Crippen LogP contribution in [-0.2, 0) is 11.2 Å². The van der Waals surface area contributed by atoms with Crippen LogP contribution in [0.1, 0.15) is 72.3 Å². The van der Waals surface area contributed by atoms with E-state index in [2.05, 4.69) is 57.3 Å². The van der Waals surface area contributed by atoms with Crippen molar-refractivity contribution in [2.24, 2.45) is 11.3 Å². The SMILES string of the molecule is CC(=O)C(CCc1ccccc1)NC1(C)CCC(C(C)(C)C)CC1. The summed E-state index contributed by atoms with van der Waals surface area (Å²) < 4.78 is 0. The molecule has 0 bridgehead atoms. The van der Waals surface area contributed by atoms with E-state index in [1.54, 1.807) is 6.92 Å². The Hall–Kier alpha value is -1.15. The van der Waals surface area contributed by atoms with Crippen LogP contribution in [0.5, 0.6) is 0 Å². The van der Waals surface area contributed by atoms with Crippen LogP contribution in [-0.4, -0.2) is 17.4 Å². The summed E-state index contributed by atoms with van der Waals surface area (Å²) >= 11 is 0. The summed E-state index contributed by atoms with van der Waals surface area (Å²) in [6, 6.07) is 10.4. The molecule has 0 saturated heterocycles. The van der Waals surface area contributed by atoms with Gasteiger partial charge in [-0.1, -0.05) is 51.1 Å². The lowest BCUT2D eigenvalue weighted by Crippen LogP contribution is -2.53. The molecule has 24 heavy (non-hydrogen) atoms. The van der Waals surface area contributed by atoms with Crippen molar-refractivity contribution in [1.82, 2.24) is 5.32 Å². The van der Waals surface area contributed by atoms with E-state index < -0.39 is 0 Å². The van der Waals surface area contributed by atoms with Crippen LogP contribution >= 0.6 is 0 Å². The predicted octanol–water partition coefficient (Wildman–Crippen LogP) is 5.16. The third-order valence-electron chi connectivity index (χ3n) is 5.89. The van der Waals surface area contributed by atoms with Gasteiger partial charge in [-0.05, 0) is 69.3 Å². The summed E-state index contributed by atoms with van der Waals surface area (Å²) in [6.45, 7) is 11.1. The molecule has 1 N–H and O–H groups in total. The minimum absolute atomic E-state index is 0.0265. The molecular weight excluding hydrogens is 294 g/mol. The highest BCUT2D eigenvalue weighted by molar-refractivity contribution is 5.81. The Morgan fingerprint density at radius 2 is 1.79 bits per heavy atom. The van der Waals surface area contributed by atoms with E-state index >= 15 is 0 Å². The highest BCUT2D eigenvalue weighted by Gasteiger charge is 2.37. The number of benzene rings is 1. The maximum absolute atomic E-state index is 12.1. The number of Topliss-reactive ketones (excluding diaryl/α,β-unsaturated/α-hetero) is 1. The average molecular weight is 330 g/mol. The van der Waals surface area contributed by atoms with E-state index in [1.165, 1.54) is 31.2 Å². The molecule has 134 valence electrons. The normalized spacial score (nSPS) is 26.1. The first kappa shape index (κ1) is 19.2. The zero-order chi connectivity index (χ0) is 17.8. The van der Waals surface area contributed by atoms with Crippen molar-refractivity contribution in [2.45, 2.75) is 84.7 Å². The maximum atomic E-state index is 12.1. The lowest BCUT2D eigenvalue weighted by Gasteiger charge is -2.44. The van der Waals surface area contributed by atoms with E-state index in [4.69, 9.17) is 0 Å². The van der Waals surface area contributed by atoms with Crippen molar-refractivity contribution in [3.05, 3.63) is 35.9 Å². The number of hydrogen-bond donors (Lipinski definition) is 1. The standard InChI is InChI=1S/C22H35NO/c1-17(24)20(12-11-18-9-7-6-8-10-18)23-22(5)15-13-19(14-16-22)21(2,3)4/h6-10,19-20,23H,11-16H2,1-5H3. The molecule has 1 aromatic carbocycles. The quantitative estimate of drug-likeness (QED) is 0.781. The highest BCUT2D eigenvalue weighted by Crippen LogP contribution is 2.41. The molecule has 1 aliphatic carbocycles. The monoisotopic (exact) mass is 329 g/mol. The molecule has 0 heterocycles. The van der Waals surface area contributed by atoms with Crippen molar-refractivity contribution in [1.29, 1.82) is 0 Å². The Balaban J connectivity index is 1.92. The second-order valence-electron chi connectivity index (χ2n) is 9.03. The van der Waals surface area contributed by atoms with E-state index in [1.807, 2.05) is 6.07 Å². The van der Waals surface area contributed by atoms with Crippen LogP contribution in [0.25, 0.3) is 0 Å². The summed E-state index contributed by atoms with van der Waals surface area (Å²) in [5.41, 5.74) is 1.82. The molecule has 0 amide bonds. The number of carbonyl (C=O) groups excluding carboxylic acids is 1. The summed E-state index contributed by atoms with van der Waals surface area (Å²) in [5, 5.41) is 3.72. The first-order valence-corrected chi connectivity index (χ1v) is 9.52. The third kappa shape index (κ3) is 5.44. The van der Waals surface area contributed by atoms with Gasteiger partial charge in [0.1, 0.15) is 5.78 Å². The fraction of sp³-hybridized carbons (Fsp3) is 0.682. The second-order valence-corrected chi connectivity index (χ2v) is 9.03. The molecule has 0 radical (unpaired) electrons. The molecule has 0 aromatic heterocycles. The van der Waals surface area contributed by atoms with Crippen molar-refractivity contribution >= 4 is 5.78 Å². The molecule has 2 nitrogen and oxygen atoms in total. The fourth-order valence-corrected chi connectivity index (χ4v) is 4.02. The summed E-state index contributed by atoms with van der Waals surface area (Å²) in [6.07, 6.45) is 6.71. The molecular formula is C22H35NO. The van der Waals surface area contributed by atoms with Gasteiger partial charge in [0.25, 0.3) is 0 Å². The number of nitrogens with one attached hydrogen (secondary N) is 1. The topological polar surface area (TPSA) is 29.1 Å². The molecule has 1 unspecified atom stereocenters. The van der Waals surface area contributed by atoms with Gasteiger partial charge in [-0.15, -0.1) is 0 Å². The minimum Gasteiger partial charge on any atom is -0.302 e. The van der Waals surface area contributed by atoms with E-state index in [0.717, 1.165) is 18.8 Å². The minimum atomic E-state index is -0.0265. The van der Waals surface area contributed by atoms with Gasteiger partial charge in [0.15, 0.2) is 0 Å². The van der Waals surface area contributed by atoms with Crippen molar-refractivity contribution < 1.29 is 4.79 Å². The van der Waals surface area contributed by atoms with Crippen LogP contribution in [0.4, 0.5) is 0 Å². The van der Waals surface area contributed by atoms with Gasteiger partial charge in [-0.25, -0.2) is 0 Å². The molecule has 1 atom stereocenters. The van der Waals surface area contributed by atoms with Crippen LogP contribution in [0.15, 0.2) is 30.3 Å². The van der Waals surface area contributed by atoms with Gasteiger partial charge in [0.2, 0.25) is 0 Å². The Morgan fingerprint density at radius 1 is 1.21 bits per heavy atom. The van der Waals surface area contributed by atoms with Crippen LogP contribution < -0.4 is 5.32 Å². The zero-order valence-corrected chi connectivity index (χ0v) is 16.2. The summed E-state index contributed by atoms with van der Waals surface area (Å²) in [4.78, 5) is 12.1. The third-order valence-corrected chi connectivity index (χ3v) is 5.89. The van der Waals surface area contributed by atoms with Crippen LogP contribution in [0.2, 0.25) is 0 Å². The predicted molar refractivity (Wildman–Crippen MR) is 102 cm³/mol. The van der Waals surface area contributed by atoms with E-state index in [0.29, 0.717) is 5.41 Å². The molecule has 1 aliphatic rings. The van der Waals surface area contributed by atoms with E-state index in [9.17, 15) is 4.79 Å². The van der Waals surface area contributed by atoms with Gasteiger partial charge in [-0.2, -0.15) is 0 Å². The van der Waals surface area contributed by atoms with Gasteiger partial charge in [0.05, 0.1) is 6.04 Å². The van der Waals surface area contributed by atoms with Crippen molar-refractivity contribution in [3.8, 4) is 0 Å². The first-order valence-electron chi connectivity index (χ1n) is 9.52. The Kier molecular flexibility index (Phi) is 6.25. The average Bonchev–Trinajstić information content (AvgIpc) is 2.51. The molecule has 0 aliphatic heterocycles. The Bertz CT molecular complexity index is 521. The molecule has 1 fully saturated rings. The van der Waals surface area contributed by atoms with Crippen molar-refractivity contribution in [2.75, 3.05) is 0 Å². The van der Waals surface area contributed by atoms with Gasteiger partial charge < -0.3 is 5.32 Å². The van der Waals surface area contributed by atoms with Gasteiger partial charge in [0, 0.05) is 5.54 Å². The van der Waals surface area contributed by atoms with Crippen molar-refractivity contribution in [3.63, 3.8) is 0 Å². The molecule has 1 aromatic rings. The highest BCUT2D eigenvalue weighted by atomic mass is 16.1. The van der Waals surface area contributed by atoms with Crippen LogP contribution in [0, 0.1) is 11.3 Å². The molecule has 2 rings (SSSR count). The lowest BCUT2D eigenvalue weighted by molar-refractivity contribution is -0.119. The number of ketones is 1. The molecule has 0 spiro atoms. The van der Waals surface area contributed by atoms with E-state index in [-0.39, 0.29) is 17.4 Å². The molecule has 2 heteroatoms. The van der Waals surface area contributed by atoms with Gasteiger partial charge in [-0.3, -0.25) is 4.79 Å². The molecule has 1 saturated carbocycles. The summed E-state index contributed by atoms with van der Waals surface area (Å²) in [5.74, 6) is 1.07. The smallest absolute Gasteiger partial charge is 0.146 e. The fourth-order valence-electron chi connectivity index (χ4n) is 4.02. The van der Waals surface area contributed by atoms with Crippen LogP contribution in [0.3, 0.4) is 0 Å². The lowest BCUT2D eigenvalue weighted by atomic mass is 9.67. The Labute approximate surface area is 148 Å². The maximum Gasteiger partial charge on any atom is 0.146 e. The number of carbonyl (C=O) groups is 1. The summed E-state index contributed by atoms with van der Waals surface area (Å²) in [7, 11) is 0. The number of hydrogen-bond acceptors (Lipinski definition) is 2. The number of rotatable bonds is 6. The van der Waals surface area contributed by atoms with Gasteiger partial charge >= 0.3 is 0 Å². The Morgan fingerprint density at radius 3 is 2.29 bits per heavy atom. The zero-order valence-electron chi connectivity index (χ0n) is 16.2. The first-order chi connectivity index (χ1) is 11.2.